The third-order valence-electron chi connectivity index (χ3n) is 3.76. The molecular weight excluding hydrogens is 295 g/mol. The smallest absolute Gasteiger partial charge is 0.224 e. The molecule has 1 aliphatic rings. The van der Waals surface area contributed by atoms with Crippen LogP contribution in [-0.4, -0.2) is 18.0 Å². The molecule has 0 heterocycles. The molecule has 0 aromatic heterocycles. The molecular formula is C15H20Cl2N2O. The highest BCUT2D eigenvalue weighted by molar-refractivity contribution is 6.42. The largest absolute Gasteiger partial charge is 0.352 e. The Balaban J connectivity index is 1.92. The second kappa shape index (κ2) is 7.30. The average Bonchev–Trinajstić information content (AvgIpc) is 2.59. The van der Waals surface area contributed by atoms with Crippen molar-refractivity contribution in [2.24, 2.45) is 5.73 Å². The summed E-state index contributed by atoms with van der Waals surface area (Å²) in [6.07, 6.45) is 5.74. The van der Waals surface area contributed by atoms with Crippen molar-refractivity contribution in [3.8, 4) is 0 Å². The van der Waals surface area contributed by atoms with Crippen LogP contribution in [0.2, 0.25) is 10.0 Å². The third-order valence-corrected chi connectivity index (χ3v) is 4.50. The monoisotopic (exact) mass is 314 g/mol. The summed E-state index contributed by atoms with van der Waals surface area (Å²) >= 11 is 11.8. The highest BCUT2D eigenvalue weighted by Gasteiger charge is 2.21. The summed E-state index contributed by atoms with van der Waals surface area (Å²) in [5.41, 5.74) is 6.97. The Labute approximate surface area is 129 Å². The van der Waals surface area contributed by atoms with Gasteiger partial charge in [-0.05, 0) is 30.5 Å². The molecule has 3 N–H and O–H groups in total. The SMILES string of the molecule is NC1CCCCCC1NC(=O)Cc1ccc(Cl)c(Cl)c1. The molecule has 5 heteroatoms. The first kappa shape index (κ1) is 15.6. The van der Waals surface area contributed by atoms with Crippen LogP contribution in [0.25, 0.3) is 0 Å². The van der Waals surface area contributed by atoms with E-state index in [9.17, 15) is 4.79 Å². The predicted molar refractivity (Wildman–Crippen MR) is 83.2 cm³/mol. The number of nitrogens with two attached hydrogens (primary N) is 1. The first-order valence-corrected chi connectivity index (χ1v) is 7.80. The van der Waals surface area contributed by atoms with Crippen LogP contribution < -0.4 is 11.1 Å². The van der Waals surface area contributed by atoms with Crippen molar-refractivity contribution in [1.29, 1.82) is 0 Å². The van der Waals surface area contributed by atoms with Gasteiger partial charge in [0.25, 0.3) is 0 Å². The number of nitrogens with one attached hydrogen (secondary N) is 1. The Kier molecular flexibility index (Phi) is 5.70. The van der Waals surface area contributed by atoms with Crippen LogP contribution in [0.3, 0.4) is 0 Å². The number of carbonyl (C=O) groups is 1. The van der Waals surface area contributed by atoms with E-state index in [1.807, 2.05) is 6.07 Å². The molecule has 0 bridgehead atoms. The molecule has 0 spiro atoms. The van der Waals surface area contributed by atoms with Gasteiger partial charge in [-0.15, -0.1) is 0 Å². The summed E-state index contributed by atoms with van der Waals surface area (Å²) in [4.78, 5) is 12.1. The van der Waals surface area contributed by atoms with Gasteiger partial charge in [-0.1, -0.05) is 48.5 Å². The molecule has 2 unspecified atom stereocenters. The topological polar surface area (TPSA) is 55.1 Å². The maximum absolute atomic E-state index is 12.1. The molecule has 0 saturated heterocycles. The van der Waals surface area contributed by atoms with Crippen LogP contribution in [0.4, 0.5) is 0 Å². The van der Waals surface area contributed by atoms with E-state index >= 15 is 0 Å². The maximum atomic E-state index is 12.1. The Morgan fingerprint density at radius 1 is 1.20 bits per heavy atom. The zero-order valence-electron chi connectivity index (χ0n) is 11.4. The molecule has 1 fully saturated rings. The zero-order valence-corrected chi connectivity index (χ0v) is 12.9. The van der Waals surface area contributed by atoms with Gasteiger partial charge < -0.3 is 11.1 Å². The van der Waals surface area contributed by atoms with Crippen LogP contribution in [-0.2, 0) is 11.2 Å². The first-order valence-electron chi connectivity index (χ1n) is 7.05. The Bertz CT molecular complexity index is 479. The quantitative estimate of drug-likeness (QED) is 0.841. The molecule has 1 amide bonds. The Morgan fingerprint density at radius 3 is 2.70 bits per heavy atom. The number of hydrogen-bond acceptors (Lipinski definition) is 2. The van der Waals surface area contributed by atoms with Crippen molar-refractivity contribution in [1.82, 2.24) is 5.32 Å². The summed E-state index contributed by atoms with van der Waals surface area (Å²) in [6.45, 7) is 0. The zero-order chi connectivity index (χ0) is 14.5. The van der Waals surface area contributed by atoms with Crippen molar-refractivity contribution in [2.75, 3.05) is 0 Å². The molecule has 1 aliphatic carbocycles. The molecule has 1 aromatic rings. The number of halogens is 2. The van der Waals surface area contributed by atoms with Gasteiger partial charge in [0.05, 0.1) is 16.5 Å². The van der Waals surface area contributed by atoms with Crippen LogP contribution in [0, 0.1) is 0 Å². The standard InChI is InChI=1S/C15H20Cl2N2O/c16-11-7-6-10(8-12(11)17)9-15(20)19-14-5-3-1-2-4-13(14)18/h6-8,13-14H,1-5,9,18H2,(H,19,20). The number of benzene rings is 1. The highest BCUT2D eigenvalue weighted by atomic mass is 35.5. The number of carbonyl (C=O) groups excluding carboxylic acids is 1. The van der Waals surface area contributed by atoms with E-state index in [1.165, 1.54) is 6.42 Å². The fraction of sp³-hybridized carbons (Fsp3) is 0.533. The van der Waals surface area contributed by atoms with Gasteiger partial charge in [0.2, 0.25) is 5.91 Å². The van der Waals surface area contributed by atoms with Crippen molar-refractivity contribution in [2.45, 2.75) is 50.6 Å². The molecule has 0 radical (unpaired) electrons. The third kappa shape index (κ3) is 4.37. The van der Waals surface area contributed by atoms with Crippen molar-refractivity contribution in [3.63, 3.8) is 0 Å². The summed E-state index contributed by atoms with van der Waals surface area (Å²) in [7, 11) is 0. The fourth-order valence-electron chi connectivity index (χ4n) is 2.61. The summed E-state index contributed by atoms with van der Waals surface area (Å²) in [5, 5.41) is 4.03. The van der Waals surface area contributed by atoms with Crippen LogP contribution in [0.15, 0.2) is 18.2 Å². The fourth-order valence-corrected chi connectivity index (χ4v) is 2.93. The van der Waals surface area contributed by atoms with E-state index in [2.05, 4.69) is 5.32 Å². The lowest BCUT2D eigenvalue weighted by Crippen LogP contribution is -2.47. The van der Waals surface area contributed by atoms with Gasteiger partial charge in [0, 0.05) is 12.1 Å². The average molecular weight is 315 g/mol. The van der Waals surface area contributed by atoms with E-state index in [0.29, 0.717) is 16.5 Å². The van der Waals surface area contributed by atoms with Crippen molar-refractivity contribution < 1.29 is 4.79 Å². The van der Waals surface area contributed by atoms with E-state index < -0.39 is 0 Å². The van der Waals surface area contributed by atoms with Gasteiger partial charge >= 0.3 is 0 Å². The lowest BCUT2D eigenvalue weighted by atomic mass is 10.0. The van der Waals surface area contributed by atoms with E-state index in [4.69, 9.17) is 28.9 Å². The normalized spacial score (nSPS) is 23.1. The highest BCUT2D eigenvalue weighted by Crippen LogP contribution is 2.23. The molecule has 20 heavy (non-hydrogen) atoms. The van der Waals surface area contributed by atoms with Gasteiger partial charge in [-0.25, -0.2) is 0 Å². The second-order valence-corrected chi connectivity index (χ2v) is 6.22. The van der Waals surface area contributed by atoms with Crippen molar-refractivity contribution >= 4 is 29.1 Å². The van der Waals surface area contributed by atoms with Crippen LogP contribution in [0.5, 0.6) is 0 Å². The molecule has 2 rings (SSSR count). The lowest BCUT2D eigenvalue weighted by Gasteiger charge is -2.22. The maximum Gasteiger partial charge on any atom is 0.224 e. The lowest BCUT2D eigenvalue weighted by molar-refractivity contribution is -0.121. The minimum atomic E-state index is -0.00857. The number of rotatable bonds is 3. The van der Waals surface area contributed by atoms with Gasteiger partial charge in [-0.2, -0.15) is 0 Å². The Hall–Kier alpha value is -0.770. The van der Waals surface area contributed by atoms with Gasteiger partial charge in [-0.3, -0.25) is 4.79 Å². The van der Waals surface area contributed by atoms with Crippen molar-refractivity contribution in [3.05, 3.63) is 33.8 Å². The van der Waals surface area contributed by atoms with Crippen LogP contribution >= 0.6 is 23.2 Å². The minimum Gasteiger partial charge on any atom is -0.352 e. The molecule has 0 aliphatic heterocycles. The summed E-state index contributed by atoms with van der Waals surface area (Å²) in [6, 6.07) is 5.42. The Morgan fingerprint density at radius 2 is 1.95 bits per heavy atom. The number of amides is 1. The second-order valence-electron chi connectivity index (χ2n) is 5.40. The molecule has 1 aromatic carbocycles. The molecule has 1 saturated carbocycles. The summed E-state index contributed by atoms with van der Waals surface area (Å²) in [5.74, 6) is -0.00857. The van der Waals surface area contributed by atoms with Gasteiger partial charge in [0.15, 0.2) is 0 Å². The van der Waals surface area contributed by atoms with E-state index in [-0.39, 0.29) is 18.0 Å². The first-order chi connectivity index (χ1) is 9.56. The summed E-state index contributed by atoms with van der Waals surface area (Å²) < 4.78 is 0. The van der Waals surface area contributed by atoms with Gasteiger partial charge in [0.1, 0.15) is 0 Å². The molecule has 3 nitrogen and oxygen atoms in total. The van der Waals surface area contributed by atoms with E-state index in [0.717, 1.165) is 31.2 Å². The van der Waals surface area contributed by atoms with Crippen LogP contribution in [0.1, 0.15) is 37.7 Å². The molecule has 110 valence electrons. The van der Waals surface area contributed by atoms with E-state index in [1.54, 1.807) is 12.1 Å². The predicted octanol–water partition coefficient (Wildman–Crippen LogP) is 3.31. The minimum absolute atomic E-state index is 0.00857. The molecule has 2 atom stereocenters. The number of hydrogen-bond donors (Lipinski definition) is 2.